The monoisotopic (exact) mass is 226 g/mol. The van der Waals surface area contributed by atoms with Crippen molar-refractivity contribution < 1.29 is 0 Å². The molecule has 0 aromatic heterocycles. The molecule has 1 heterocycles. The third-order valence-corrected chi connectivity index (χ3v) is 4.43. The van der Waals surface area contributed by atoms with Crippen LogP contribution in [0.15, 0.2) is 0 Å². The maximum atomic E-state index is 5.89. The van der Waals surface area contributed by atoms with Crippen LogP contribution in [-0.4, -0.2) is 29.1 Å². The minimum Gasteiger partial charge on any atom is -0.329 e. The fourth-order valence-electron chi connectivity index (χ4n) is 2.13. The van der Waals surface area contributed by atoms with Gasteiger partial charge in [0.05, 0.1) is 6.04 Å². The first kappa shape index (κ1) is 12.9. The van der Waals surface area contributed by atoms with Gasteiger partial charge in [0.25, 0.3) is 0 Å². The zero-order valence-electron chi connectivity index (χ0n) is 9.75. The number of terminal acetylenes is 1. The molecule has 0 bridgehead atoms. The summed E-state index contributed by atoms with van der Waals surface area (Å²) in [5, 5.41) is 4.27. The Kier molecular flexibility index (Phi) is 4.98. The Labute approximate surface area is 97.8 Å². The fraction of sp³-hybridized carbons (Fsp3) is 0.833. The van der Waals surface area contributed by atoms with Gasteiger partial charge in [0, 0.05) is 23.1 Å². The van der Waals surface area contributed by atoms with Crippen LogP contribution >= 0.6 is 11.8 Å². The van der Waals surface area contributed by atoms with E-state index in [1.807, 2.05) is 11.8 Å². The van der Waals surface area contributed by atoms with Crippen LogP contribution in [-0.2, 0) is 0 Å². The standard InChI is InChI=1S/C12H22N2S/c1-4-6-11(5-2)14-12(8-13)7-10(3)15-9-12/h2,10-11,14H,4,6-9,13H2,1,3H3. The topological polar surface area (TPSA) is 38.0 Å². The van der Waals surface area contributed by atoms with Gasteiger partial charge in [0.1, 0.15) is 0 Å². The van der Waals surface area contributed by atoms with E-state index >= 15 is 0 Å². The van der Waals surface area contributed by atoms with E-state index in [9.17, 15) is 0 Å². The molecule has 1 aliphatic heterocycles. The number of hydrogen-bond donors (Lipinski definition) is 2. The summed E-state index contributed by atoms with van der Waals surface area (Å²) in [7, 11) is 0. The quantitative estimate of drug-likeness (QED) is 0.699. The van der Waals surface area contributed by atoms with Crippen LogP contribution in [0.25, 0.3) is 0 Å². The highest BCUT2D eigenvalue weighted by atomic mass is 32.2. The Hall–Kier alpha value is -0.170. The van der Waals surface area contributed by atoms with Crippen molar-refractivity contribution in [2.75, 3.05) is 12.3 Å². The minimum atomic E-state index is 0.0797. The molecule has 3 atom stereocenters. The van der Waals surface area contributed by atoms with Crippen molar-refractivity contribution in [1.29, 1.82) is 0 Å². The number of thioether (sulfide) groups is 1. The van der Waals surface area contributed by atoms with Crippen molar-refractivity contribution in [3.8, 4) is 12.3 Å². The predicted molar refractivity (Wildman–Crippen MR) is 69.0 cm³/mol. The SMILES string of the molecule is C#CC(CCC)NC1(CN)CSC(C)C1. The molecule has 1 rings (SSSR count). The number of rotatable bonds is 5. The maximum absolute atomic E-state index is 5.89. The smallest absolute Gasteiger partial charge is 0.0691 e. The molecule has 0 aromatic rings. The molecular formula is C12H22N2S. The summed E-state index contributed by atoms with van der Waals surface area (Å²) in [6.07, 6.45) is 8.82. The number of nitrogens with one attached hydrogen (secondary N) is 1. The van der Waals surface area contributed by atoms with Gasteiger partial charge >= 0.3 is 0 Å². The molecule has 0 amide bonds. The van der Waals surface area contributed by atoms with Crippen LogP contribution in [0.4, 0.5) is 0 Å². The average molecular weight is 226 g/mol. The second-order valence-electron chi connectivity index (χ2n) is 4.46. The zero-order valence-corrected chi connectivity index (χ0v) is 10.6. The molecule has 1 fully saturated rings. The lowest BCUT2D eigenvalue weighted by Crippen LogP contribution is -2.55. The largest absolute Gasteiger partial charge is 0.329 e. The van der Waals surface area contributed by atoms with Crippen LogP contribution in [0.2, 0.25) is 0 Å². The molecular weight excluding hydrogens is 204 g/mol. The summed E-state index contributed by atoms with van der Waals surface area (Å²) in [5.74, 6) is 3.92. The Balaban J connectivity index is 2.56. The van der Waals surface area contributed by atoms with E-state index in [0.717, 1.165) is 25.0 Å². The first-order chi connectivity index (χ1) is 7.15. The Bertz CT molecular complexity index is 236. The van der Waals surface area contributed by atoms with Crippen LogP contribution in [0.1, 0.15) is 33.1 Å². The molecule has 0 saturated carbocycles. The van der Waals surface area contributed by atoms with Gasteiger partial charge in [-0.1, -0.05) is 26.2 Å². The minimum absolute atomic E-state index is 0.0797. The first-order valence-electron chi connectivity index (χ1n) is 5.71. The van der Waals surface area contributed by atoms with Gasteiger partial charge < -0.3 is 5.73 Å². The van der Waals surface area contributed by atoms with Gasteiger partial charge in [-0.15, -0.1) is 6.42 Å². The van der Waals surface area contributed by atoms with E-state index in [1.54, 1.807) is 0 Å². The van der Waals surface area contributed by atoms with Gasteiger partial charge in [-0.2, -0.15) is 11.8 Å². The summed E-state index contributed by atoms with van der Waals surface area (Å²) in [6.45, 7) is 5.11. The van der Waals surface area contributed by atoms with Gasteiger partial charge in [0.15, 0.2) is 0 Å². The average Bonchev–Trinajstić information content (AvgIpc) is 2.60. The van der Waals surface area contributed by atoms with Crippen LogP contribution < -0.4 is 11.1 Å². The van der Waals surface area contributed by atoms with Gasteiger partial charge in [-0.25, -0.2) is 0 Å². The number of nitrogens with two attached hydrogens (primary N) is 1. The van der Waals surface area contributed by atoms with E-state index in [-0.39, 0.29) is 11.6 Å². The van der Waals surface area contributed by atoms with Crippen molar-refractivity contribution in [1.82, 2.24) is 5.32 Å². The van der Waals surface area contributed by atoms with Gasteiger partial charge in [-0.3, -0.25) is 5.32 Å². The molecule has 0 aliphatic carbocycles. The maximum Gasteiger partial charge on any atom is 0.0691 e. The Morgan fingerprint density at radius 1 is 1.73 bits per heavy atom. The van der Waals surface area contributed by atoms with Crippen molar-refractivity contribution >= 4 is 11.8 Å². The molecule has 15 heavy (non-hydrogen) atoms. The summed E-state index contributed by atoms with van der Waals surface area (Å²) in [6, 6.07) is 0.185. The lowest BCUT2D eigenvalue weighted by molar-refractivity contribution is 0.332. The van der Waals surface area contributed by atoms with Crippen molar-refractivity contribution in [3.63, 3.8) is 0 Å². The predicted octanol–water partition coefficient (Wildman–Crippen LogP) is 1.60. The lowest BCUT2D eigenvalue weighted by Gasteiger charge is -2.31. The van der Waals surface area contributed by atoms with Gasteiger partial charge in [0.2, 0.25) is 0 Å². The highest BCUT2D eigenvalue weighted by molar-refractivity contribution is 8.00. The molecule has 2 nitrogen and oxygen atoms in total. The van der Waals surface area contributed by atoms with Crippen LogP contribution in [0, 0.1) is 12.3 Å². The molecule has 0 radical (unpaired) electrons. The summed E-state index contributed by atoms with van der Waals surface area (Å²) in [5.41, 5.74) is 5.97. The summed E-state index contributed by atoms with van der Waals surface area (Å²) >= 11 is 1.99. The van der Waals surface area contributed by atoms with Crippen LogP contribution in [0.5, 0.6) is 0 Å². The van der Waals surface area contributed by atoms with Crippen molar-refractivity contribution in [3.05, 3.63) is 0 Å². The van der Waals surface area contributed by atoms with E-state index in [0.29, 0.717) is 11.8 Å². The lowest BCUT2D eigenvalue weighted by atomic mass is 9.94. The van der Waals surface area contributed by atoms with E-state index in [4.69, 9.17) is 12.2 Å². The molecule has 1 aliphatic rings. The van der Waals surface area contributed by atoms with E-state index < -0.39 is 0 Å². The van der Waals surface area contributed by atoms with Crippen molar-refractivity contribution in [2.45, 2.75) is 49.9 Å². The molecule has 1 saturated heterocycles. The molecule has 0 aromatic carbocycles. The zero-order chi connectivity index (χ0) is 11.3. The fourth-order valence-corrected chi connectivity index (χ4v) is 3.49. The molecule has 3 unspecified atom stereocenters. The first-order valence-corrected chi connectivity index (χ1v) is 6.76. The molecule has 86 valence electrons. The normalized spacial score (nSPS) is 32.5. The molecule has 0 spiro atoms. The molecule has 3 heteroatoms. The third-order valence-electron chi connectivity index (χ3n) is 2.97. The Morgan fingerprint density at radius 2 is 2.47 bits per heavy atom. The third kappa shape index (κ3) is 3.41. The highest BCUT2D eigenvalue weighted by Gasteiger charge is 2.37. The van der Waals surface area contributed by atoms with Gasteiger partial charge in [-0.05, 0) is 12.8 Å². The highest BCUT2D eigenvalue weighted by Crippen LogP contribution is 2.34. The second kappa shape index (κ2) is 5.79. The molecule has 3 N–H and O–H groups in total. The second-order valence-corrected chi connectivity index (χ2v) is 5.89. The van der Waals surface area contributed by atoms with Crippen LogP contribution in [0.3, 0.4) is 0 Å². The number of hydrogen-bond acceptors (Lipinski definition) is 3. The summed E-state index contributed by atoms with van der Waals surface area (Å²) in [4.78, 5) is 0. The summed E-state index contributed by atoms with van der Waals surface area (Å²) < 4.78 is 0. The van der Waals surface area contributed by atoms with E-state index in [2.05, 4.69) is 25.1 Å². The Morgan fingerprint density at radius 3 is 2.87 bits per heavy atom. The van der Waals surface area contributed by atoms with E-state index in [1.165, 1.54) is 0 Å². The van der Waals surface area contributed by atoms with Crippen molar-refractivity contribution in [2.24, 2.45) is 5.73 Å².